The second-order valence-electron chi connectivity index (χ2n) is 2.77. The van der Waals surface area contributed by atoms with Gasteiger partial charge in [0.1, 0.15) is 13.2 Å². The van der Waals surface area contributed by atoms with Crippen molar-refractivity contribution in [1.29, 1.82) is 0 Å². The summed E-state index contributed by atoms with van der Waals surface area (Å²) in [5.74, 6) is -0.341. The lowest BCUT2D eigenvalue weighted by Gasteiger charge is -2.02. The molecule has 0 saturated carbocycles. The molecule has 0 saturated heterocycles. The molecule has 0 fully saturated rings. The first-order valence-electron chi connectivity index (χ1n) is 3.89. The highest BCUT2D eigenvalue weighted by Gasteiger charge is 2.08. The van der Waals surface area contributed by atoms with Crippen molar-refractivity contribution in [3.63, 3.8) is 0 Å². The van der Waals surface area contributed by atoms with Crippen molar-refractivity contribution in [2.24, 2.45) is 0 Å². The van der Waals surface area contributed by atoms with Gasteiger partial charge >= 0.3 is 5.97 Å². The van der Waals surface area contributed by atoms with Crippen molar-refractivity contribution in [3.05, 3.63) is 5.89 Å². The molecule has 1 heterocycles. The molecule has 0 aliphatic carbocycles. The van der Waals surface area contributed by atoms with Crippen LogP contribution in [0.25, 0.3) is 0 Å². The number of aliphatic carboxylic acids is 1. The van der Waals surface area contributed by atoms with E-state index in [1.165, 1.54) is 0 Å². The summed E-state index contributed by atoms with van der Waals surface area (Å²) in [5.41, 5.74) is 0. The molecule has 1 aromatic heterocycles. The monoisotopic (exact) mass is 201 g/mol. The van der Waals surface area contributed by atoms with Gasteiger partial charge < -0.3 is 19.3 Å². The largest absolute Gasteiger partial charge is 0.480 e. The van der Waals surface area contributed by atoms with Crippen LogP contribution in [-0.4, -0.2) is 41.9 Å². The number of ether oxygens (including phenoxy) is 1. The van der Waals surface area contributed by atoms with E-state index in [0.717, 1.165) is 0 Å². The predicted molar refractivity (Wildman–Crippen MR) is 45.9 cm³/mol. The molecular weight excluding hydrogens is 190 g/mol. The fraction of sp³-hybridized carbons (Fsp3) is 0.571. The Kier molecular flexibility index (Phi) is 3.41. The average molecular weight is 201 g/mol. The molecule has 14 heavy (non-hydrogen) atoms. The van der Waals surface area contributed by atoms with Crippen LogP contribution in [0.15, 0.2) is 4.52 Å². The SMILES string of the molecule is CN(C)c1noc(COCC(=O)O)n1. The van der Waals surface area contributed by atoms with Crippen LogP contribution in [0.5, 0.6) is 0 Å². The molecule has 0 aliphatic rings. The lowest BCUT2D eigenvalue weighted by Crippen LogP contribution is -2.10. The Labute approximate surface area is 80.3 Å². The minimum absolute atomic E-state index is 0.00708. The lowest BCUT2D eigenvalue weighted by molar-refractivity contribution is -0.142. The number of carboxylic acid groups (broad SMARTS) is 1. The molecule has 0 bridgehead atoms. The van der Waals surface area contributed by atoms with E-state index in [2.05, 4.69) is 10.1 Å². The number of anilines is 1. The Hall–Kier alpha value is -1.63. The summed E-state index contributed by atoms with van der Waals surface area (Å²) in [5, 5.41) is 11.9. The van der Waals surface area contributed by atoms with E-state index in [0.29, 0.717) is 5.95 Å². The number of nitrogens with zero attached hydrogens (tertiary/aromatic N) is 3. The maximum Gasteiger partial charge on any atom is 0.329 e. The third-order valence-electron chi connectivity index (χ3n) is 1.31. The number of carbonyl (C=O) groups is 1. The van der Waals surface area contributed by atoms with Crippen molar-refractivity contribution in [1.82, 2.24) is 10.1 Å². The summed E-state index contributed by atoms with van der Waals surface area (Å²) in [4.78, 5) is 15.7. The van der Waals surface area contributed by atoms with Gasteiger partial charge in [0.25, 0.3) is 11.8 Å². The standard InChI is InChI=1S/C7H11N3O4/c1-10(2)7-8-5(14-9-7)3-13-4-6(11)12/h3-4H2,1-2H3,(H,11,12). The Morgan fingerprint density at radius 1 is 1.64 bits per heavy atom. The lowest BCUT2D eigenvalue weighted by atomic mass is 10.7. The van der Waals surface area contributed by atoms with Gasteiger partial charge in [-0.15, -0.1) is 0 Å². The maximum atomic E-state index is 10.1. The van der Waals surface area contributed by atoms with Gasteiger partial charge in [-0.05, 0) is 5.16 Å². The van der Waals surface area contributed by atoms with Crippen molar-refractivity contribution in [2.75, 3.05) is 25.6 Å². The molecule has 0 spiro atoms. The quantitative estimate of drug-likeness (QED) is 0.701. The van der Waals surface area contributed by atoms with Crippen molar-refractivity contribution >= 4 is 11.9 Å². The molecule has 7 nitrogen and oxygen atoms in total. The second-order valence-corrected chi connectivity index (χ2v) is 2.77. The van der Waals surface area contributed by atoms with E-state index in [1.54, 1.807) is 19.0 Å². The van der Waals surface area contributed by atoms with E-state index >= 15 is 0 Å². The van der Waals surface area contributed by atoms with Gasteiger partial charge in [-0.25, -0.2) is 4.79 Å². The third-order valence-corrected chi connectivity index (χ3v) is 1.31. The highest BCUT2D eigenvalue weighted by atomic mass is 16.5. The van der Waals surface area contributed by atoms with Gasteiger partial charge in [-0.3, -0.25) is 0 Å². The molecule has 78 valence electrons. The van der Waals surface area contributed by atoms with Crippen molar-refractivity contribution in [2.45, 2.75) is 6.61 Å². The third kappa shape index (κ3) is 3.02. The van der Waals surface area contributed by atoms with E-state index in [-0.39, 0.29) is 19.1 Å². The van der Waals surface area contributed by atoms with E-state index in [4.69, 9.17) is 14.4 Å². The Balaban J connectivity index is 2.40. The zero-order valence-electron chi connectivity index (χ0n) is 7.93. The summed E-state index contributed by atoms with van der Waals surface area (Å²) in [6.45, 7) is -0.368. The van der Waals surface area contributed by atoms with Crippen LogP contribution in [-0.2, 0) is 16.1 Å². The predicted octanol–water partition coefficient (Wildman–Crippen LogP) is -0.263. The number of hydrogen-bond donors (Lipinski definition) is 1. The Morgan fingerprint density at radius 2 is 2.36 bits per heavy atom. The maximum absolute atomic E-state index is 10.1. The number of aromatic nitrogens is 2. The van der Waals surface area contributed by atoms with Crippen molar-refractivity contribution < 1.29 is 19.2 Å². The van der Waals surface area contributed by atoms with E-state index in [9.17, 15) is 4.79 Å². The summed E-state index contributed by atoms with van der Waals surface area (Å²) in [7, 11) is 3.54. The molecule has 0 amide bonds. The zero-order chi connectivity index (χ0) is 10.6. The van der Waals surface area contributed by atoms with Crippen LogP contribution in [0, 0.1) is 0 Å². The minimum atomic E-state index is -1.03. The number of carboxylic acids is 1. The molecule has 0 radical (unpaired) electrons. The van der Waals surface area contributed by atoms with Crippen LogP contribution in [0.3, 0.4) is 0 Å². The molecule has 0 atom stereocenters. The van der Waals surface area contributed by atoms with Crippen LogP contribution in [0.2, 0.25) is 0 Å². The molecule has 1 rings (SSSR count). The zero-order valence-corrected chi connectivity index (χ0v) is 7.93. The fourth-order valence-corrected chi connectivity index (χ4v) is 0.712. The molecule has 0 aliphatic heterocycles. The number of hydrogen-bond acceptors (Lipinski definition) is 6. The van der Waals surface area contributed by atoms with Crippen molar-refractivity contribution in [3.8, 4) is 0 Å². The first kappa shape index (κ1) is 10.5. The smallest absolute Gasteiger partial charge is 0.329 e. The van der Waals surface area contributed by atoms with Crippen LogP contribution in [0.4, 0.5) is 5.95 Å². The van der Waals surface area contributed by atoms with Crippen LogP contribution in [0.1, 0.15) is 5.89 Å². The average Bonchev–Trinajstić information content (AvgIpc) is 2.52. The molecule has 1 N–H and O–H groups in total. The molecule has 0 unspecified atom stereocenters. The molecule has 1 aromatic rings. The first-order chi connectivity index (χ1) is 6.59. The highest BCUT2D eigenvalue weighted by Crippen LogP contribution is 2.05. The molecule has 7 heteroatoms. The van der Waals surface area contributed by atoms with E-state index < -0.39 is 5.97 Å². The Bertz CT molecular complexity index is 310. The van der Waals surface area contributed by atoms with Gasteiger partial charge in [0, 0.05) is 14.1 Å². The van der Waals surface area contributed by atoms with Crippen LogP contribution < -0.4 is 4.90 Å². The van der Waals surface area contributed by atoms with Gasteiger partial charge in [0.2, 0.25) is 0 Å². The highest BCUT2D eigenvalue weighted by molar-refractivity contribution is 5.67. The summed E-state index contributed by atoms with van der Waals surface area (Å²) < 4.78 is 9.55. The van der Waals surface area contributed by atoms with Gasteiger partial charge in [0.15, 0.2) is 0 Å². The molecule has 0 aromatic carbocycles. The van der Waals surface area contributed by atoms with Gasteiger partial charge in [-0.1, -0.05) is 0 Å². The van der Waals surface area contributed by atoms with E-state index in [1.807, 2.05) is 0 Å². The minimum Gasteiger partial charge on any atom is -0.480 e. The fourth-order valence-electron chi connectivity index (χ4n) is 0.712. The Morgan fingerprint density at radius 3 is 2.86 bits per heavy atom. The topological polar surface area (TPSA) is 88.7 Å². The summed E-state index contributed by atoms with van der Waals surface area (Å²) in [6, 6.07) is 0. The normalized spacial score (nSPS) is 10.1. The second kappa shape index (κ2) is 4.56. The first-order valence-corrected chi connectivity index (χ1v) is 3.89. The number of rotatable bonds is 5. The van der Waals surface area contributed by atoms with Gasteiger partial charge in [0.05, 0.1) is 0 Å². The summed E-state index contributed by atoms with van der Waals surface area (Å²) >= 11 is 0. The molecular formula is C7H11N3O4. The summed E-state index contributed by atoms with van der Waals surface area (Å²) in [6.07, 6.45) is 0. The van der Waals surface area contributed by atoms with Crippen LogP contribution >= 0.6 is 0 Å². The van der Waals surface area contributed by atoms with Gasteiger partial charge in [-0.2, -0.15) is 4.98 Å².